The summed E-state index contributed by atoms with van der Waals surface area (Å²) in [6.07, 6.45) is 3.79. The van der Waals surface area contributed by atoms with Crippen LogP contribution in [0.3, 0.4) is 0 Å². The largest absolute Gasteiger partial charge is 0.461 e. The molecule has 0 unspecified atom stereocenters. The van der Waals surface area contributed by atoms with E-state index in [9.17, 15) is 4.79 Å². The van der Waals surface area contributed by atoms with E-state index >= 15 is 0 Å². The average molecular weight is 218 g/mol. The van der Waals surface area contributed by atoms with E-state index in [1.807, 2.05) is 63.3 Å². The van der Waals surface area contributed by atoms with Crippen molar-refractivity contribution >= 4 is 12.0 Å². The Morgan fingerprint density at radius 3 is 2.44 bits per heavy atom. The summed E-state index contributed by atoms with van der Waals surface area (Å²) >= 11 is 0. The topological polar surface area (TPSA) is 26.3 Å². The number of carbonyl (C=O) groups is 1. The first-order chi connectivity index (χ1) is 7.50. The van der Waals surface area contributed by atoms with Crippen molar-refractivity contribution in [2.75, 3.05) is 6.61 Å². The molecule has 0 aliphatic heterocycles. The molecule has 0 bridgehead atoms. The number of benzene rings is 1. The zero-order chi connectivity index (χ0) is 12.0. The molecule has 2 nitrogen and oxygen atoms in total. The molecule has 0 aromatic heterocycles. The highest BCUT2D eigenvalue weighted by atomic mass is 16.5. The van der Waals surface area contributed by atoms with E-state index in [-0.39, 0.29) is 5.97 Å². The van der Waals surface area contributed by atoms with Crippen molar-refractivity contribution in [3.63, 3.8) is 0 Å². The Morgan fingerprint density at radius 2 is 1.88 bits per heavy atom. The van der Waals surface area contributed by atoms with Gasteiger partial charge in [-0.1, -0.05) is 36.4 Å². The molecule has 0 saturated carbocycles. The van der Waals surface area contributed by atoms with Gasteiger partial charge in [-0.05, 0) is 32.4 Å². The van der Waals surface area contributed by atoms with Crippen LogP contribution in [0.15, 0.2) is 36.4 Å². The molecule has 1 aromatic rings. The highest BCUT2D eigenvalue weighted by Gasteiger charge is 2.22. The molecule has 0 spiro atoms. The van der Waals surface area contributed by atoms with Crippen LogP contribution in [-0.2, 0) is 9.53 Å². The van der Waals surface area contributed by atoms with Crippen LogP contribution < -0.4 is 0 Å². The van der Waals surface area contributed by atoms with Gasteiger partial charge in [0.05, 0.1) is 5.41 Å². The maximum Gasteiger partial charge on any atom is 0.311 e. The monoisotopic (exact) mass is 218 g/mol. The van der Waals surface area contributed by atoms with Gasteiger partial charge in [-0.3, -0.25) is 4.79 Å². The van der Waals surface area contributed by atoms with Crippen LogP contribution in [0.1, 0.15) is 26.3 Å². The average Bonchev–Trinajstić information content (AvgIpc) is 2.24. The Kier molecular flexibility index (Phi) is 4.29. The Bertz CT molecular complexity index is 358. The molecule has 0 saturated heterocycles. The molecule has 0 fully saturated rings. The fourth-order valence-electron chi connectivity index (χ4n) is 1.09. The maximum absolute atomic E-state index is 11.4. The Labute approximate surface area is 96.9 Å². The van der Waals surface area contributed by atoms with Gasteiger partial charge in [0.15, 0.2) is 0 Å². The Hall–Kier alpha value is -1.57. The molecule has 0 aliphatic carbocycles. The summed E-state index contributed by atoms with van der Waals surface area (Å²) < 4.78 is 5.10. The molecule has 16 heavy (non-hydrogen) atoms. The van der Waals surface area contributed by atoms with Crippen molar-refractivity contribution in [1.29, 1.82) is 0 Å². The second kappa shape index (κ2) is 5.50. The standard InChI is InChI=1S/C14H18O2/c1-14(2,3)13(15)16-11-7-10-12-8-5-4-6-9-12/h4-10H,11H2,1-3H3. The first-order valence-corrected chi connectivity index (χ1v) is 5.39. The summed E-state index contributed by atoms with van der Waals surface area (Å²) in [6, 6.07) is 9.92. The molecule has 0 amide bonds. The van der Waals surface area contributed by atoms with E-state index in [0.29, 0.717) is 6.61 Å². The number of hydrogen-bond donors (Lipinski definition) is 0. The Morgan fingerprint density at radius 1 is 1.25 bits per heavy atom. The van der Waals surface area contributed by atoms with Crippen molar-refractivity contribution in [2.24, 2.45) is 5.41 Å². The van der Waals surface area contributed by atoms with Gasteiger partial charge in [-0.2, -0.15) is 0 Å². The van der Waals surface area contributed by atoms with E-state index in [1.54, 1.807) is 0 Å². The van der Waals surface area contributed by atoms with Crippen LogP contribution in [-0.4, -0.2) is 12.6 Å². The highest BCUT2D eigenvalue weighted by Crippen LogP contribution is 2.14. The van der Waals surface area contributed by atoms with Gasteiger partial charge in [0.1, 0.15) is 6.61 Å². The van der Waals surface area contributed by atoms with Gasteiger partial charge in [0.25, 0.3) is 0 Å². The molecule has 1 aromatic carbocycles. The normalized spacial score (nSPS) is 11.7. The zero-order valence-electron chi connectivity index (χ0n) is 10.1. The number of rotatable bonds is 3. The van der Waals surface area contributed by atoms with Crippen LogP contribution >= 0.6 is 0 Å². The number of esters is 1. The summed E-state index contributed by atoms with van der Waals surface area (Å²) in [7, 11) is 0. The molecule has 0 atom stereocenters. The first kappa shape index (κ1) is 12.5. The lowest BCUT2D eigenvalue weighted by Crippen LogP contribution is -2.22. The quantitative estimate of drug-likeness (QED) is 0.728. The van der Waals surface area contributed by atoms with Crippen molar-refractivity contribution in [3.05, 3.63) is 42.0 Å². The third-order valence-corrected chi connectivity index (χ3v) is 2.03. The van der Waals surface area contributed by atoms with Gasteiger partial charge in [-0.25, -0.2) is 0 Å². The highest BCUT2D eigenvalue weighted by molar-refractivity contribution is 5.75. The van der Waals surface area contributed by atoms with Crippen LogP contribution in [0.25, 0.3) is 6.08 Å². The summed E-state index contributed by atoms with van der Waals surface area (Å²) in [6.45, 7) is 5.85. The maximum atomic E-state index is 11.4. The minimum atomic E-state index is -0.430. The molecule has 0 radical (unpaired) electrons. The van der Waals surface area contributed by atoms with Crippen molar-refractivity contribution in [2.45, 2.75) is 20.8 Å². The van der Waals surface area contributed by atoms with Gasteiger partial charge in [0.2, 0.25) is 0 Å². The molecule has 0 heterocycles. The molecule has 86 valence electrons. The minimum Gasteiger partial charge on any atom is -0.461 e. The van der Waals surface area contributed by atoms with E-state index in [2.05, 4.69) is 0 Å². The molecule has 0 N–H and O–H groups in total. The lowest BCUT2D eigenvalue weighted by molar-refractivity contribution is -0.151. The second-order valence-corrected chi connectivity index (χ2v) is 4.66. The third-order valence-electron chi connectivity index (χ3n) is 2.03. The number of hydrogen-bond acceptors (Lipinski definition) is 2. The lowest BCUT2D eigenvalue weighted by atomic mass is 9.97. The number of ether oxygens (including phenoxy) is 1. The summed E-state index contributed by atoms with van der Waals surface area (Å²) in [5.41, 5.74) is 0.676. The third kappa shape index (κ3) is 4.30. The minimum absolute atomic E-state index is 0.176. The smallest absolute Gasteiger partial charge is 0.311 e. The van der Waals surface area contributed by atoms with Gasteiger partial charge in [-0.15, -0.1) is 0 Å². The van der Waals surface area contributed by atoms with E-state index in [0.717, 1.165) is 5.56 Å². The van der Waals surface area contributed by atoms with E-state index in [4.69, 9.17) is 4.74 Å². The van der Waals surface area contributed by atoms with Crippen LogP contribution in [0, 0.1) is 5.41 Å². The van der Waals surface area contributed by atoms with Crippen LogP contribution in [0.2, 0.25) is 0 Å². The fraction of sp³-hybridized carbons (Fsp3) is 0.357. The lowest BCUT2D eigenvalue weighted by Gasteiger charge is -2.15. The van der Waals surface area contributed by atoms with E-state index in [1.165, 1.54) is 0 Å². The van der Waals surface area contributed by atoms with Crippen molar-refractivity contribution in [1.82, 2.24) is 0 Å². The molecular weight excluding hydrogens is 200 g/mol. The van der Waals surface area contributed by atoms with Crippen LogP contribution in [0.5, 0.6) is 0 Å². The first-order valence-electron chi connectivity index (χ1n) is 5.39. The summed E-state index contributed by atoms with van der Waals surface area (Å²) in [5.74, 6) is -0.176. The van der Waals surface area contributed by atoms with Gasteiger partial charge >= 0.3 is 5.97 Å². The fourth-order valence-corrected chi connectivity index (χ4v) is 1.09. The van der Waals surface area contributed by atoms with Gasteiger partial charge < -0.3 is 4.74 Å². The second-order valence-electron chi connectivity index (χ2n) is 4.66. The summed E-state index contributed by atoms with van der Waals surface area (Å²) in [5, 5.41) is 0. The predicted molar refractivity (Wildman–Crippen MR) is 65.9 cm³/mol. The van der Waals surface area contributed by atoms with Crippen molar-refractivity contribution < 1.29 is 9.53 Å². The molecular formula is C14H18O2. The van der Waals surface area contributed by atoms with Crippen molar-refractivity contribution in [3.8, 4) is 0 Å². The number of carbonyl (C=O) groups excluding carboxylic acids is 1. The van der Waals surface area contributed by atoms with Crippen LogP contribution in [0.4, 0.5) is 0 Å². The molecule has 0 aliphatic rings. The predicted octanol–water partition coefficient (Wildman–Crippen LogP) is 3.29. The molecule has 1 rings (SSSR count). The SMILES string of the molecule is CC(C)(C)C(=O)OCC=Cc1ccccc1. The molecule has 2 heteroatoms. The summed E-state index contributed by atoms with van der Waals surface area (Å²) in [4.78, 5) is 11.4. The van der Waals surface area contributed by atoms with Gasteiger partial charge in [0, 0.05) is 0 Å². The van der Waals surface area contributed by atoms with E-state index < -0.39 is 5.41 Å². The Balaban J connectivity index is 2.37. The zero-order valence-corrected chi connectivity index (χ0v) is 10.1.